The molecule has 2 aromatic rings. The van der Waals surface area contributed by atoms with Crippen LogP contribution in [-0.2, 0) is 0 Å². The number of nitro groups is 1. The second-order valence-corrected chi connectivity index (χ2v) is 6.12. The largest absolute Gasteiger partial charge is 0.507 e. The summed E-state index contributed by atoms with van der Waals surface area (Å²) >= 11 is 5.85. The van der Waals surface area contributed by atoms with E-state index >= 15 is 0 Å². The van der Waals surface area contributed by atoms with Gasteiger partial charge in [-0.25, -0.2) is 0 Å². The lowest BCUT2D eigenvalue weighted by Gasteiger charge is -2.35. The van der Waals surface area contributed by atoms with Crippen molar-refractivity contribution >= 4 is 28.9 Å². The van der Waals surface area contributed by atoms with E-state index in [4.69, 9.17) is 11.6 Å². The maximum atomic E-state index is 12.5. The quantitative estimate of drug-likeness (QED) is 0.671. The van der Waals surface area contributed by atoms with Gasteiger partial charge in [0.05, 0.1) is 10.5 Å². The van der Waals surface area contributed by atoms with Gasteiger partial charge in [-0.1, -0.05) is 23.7 Å². The average Bonchev–Trinajstić information content (AvgIpc) is 2.61. The molecule has 1 aliphatic heterocycles. The number of nitro benzene ring substituents is 1. The van der Waals surface area contributed by atoms with Crippen LogP contribution in [0.5, 0.6) is 5.75 Å². The predicted octanol–water partition coefficient (Wildman–Crippen LogP) is 2.92. The Kier molecular flexibility index (Phi) is 4.76. The number of anilines is 1. The minimum atomic E-state index is -0.458. The van der Waals surface area contributed by atoms with Crippen molar-refractivity contribution in [3.05, 3.63) is 63.2 Å². The van der Waals surface area contributed by atoms with E-state index in [1.54, 1.807) is 35.2 Å². The molecular weight excluding hydrogens is 346 g/mol. The van der Waals surface area contributed by atoms with Crippen LogP contribution in [0.4, 0.5) is 11.4 Å². The highest BCUT2D eigenvalue weighted by molar-refractivity contribution is 6.30. The number of phenolic OH excluding ortho intramolecular Hbond substituents is 1. The van der Waals surface area contributed by atoms with Crippen LogP contribution in [0, 0.1) is 10.1 Å². The monoisotopic (exact) mass is 361 g/mol. The molecule has 0 aromatic heterocycles. The zero-order valence-electron chi connectivity index (χ0n) is 13.3. The number of hydrogen-bond donors (Lipinski definition) is 1. The van der Waals surface area contributed by atoms with Crippen molar-refractivity contribution in [2.45, 2.75) is 0 Å². The van der Waals surface area contributed by atoms with Gasteiger partial charge < -0.3 is 14.9 Å². The zero-order valence-corrected chi connectivity index (χ0v) is 14.0. The first-order chi connectivity index (χ1) is 12.0. The molecule has 0 unspecified atom stereocenters. The summed E-state index contributed by atoms with van der Waals surface area (Å²) in [6, 6.07) is 11.0. The molecule has 0 spiro atoms. The first kappa shape index (κ1) is 17.0. The maximum Gasteiger partial charge on any atom is 0.294 e. The van der Waals surface area contributed by atoms with Crippen LogP contribution in [-0.4, -0.2) is 47.0 Å². The molecule has 0 aliphatic carbocycles. The summed E-state index contributed by atoms with van der Waals surface area (Å²) in [7, 11) is 0. The van der Waals surface area contributed by atoms with Crippen molar-refractivity contribution in [1.82, 2.24) is 4.90 Å². The number of rotatable bonds is 3. The molecular formula is C17H16ClN3O4. The van der Waals surface area contributed by atoms with E-state index in [-0.39, 0.29) is 22.9 Å². The first-order valence-electron chi connectivity index (χ1n) is 7.73. The van der Waals surface area contributed by atoms with E-state index in [9.17, 15) is 20.0 Å². The van der Waals surface area contributed by atoms with Crippen molar-refractivity contribution in [2.75, 3.05) is 31.1 Å². The third-order valence-electron chi connectivity index (χ3n) is 4.18. The van der Waals surface area contributed by atoms with E-state index in [2.05, 4.69) is 0 Å². The molecule has 8 heteroatoms. The summed E-state index contributed by atoms with van der Waals surface area (Å²) in [5, 5.41) is 21.4. The van der Waals surface area contributed by atoms with Gasteiger partial charge in [-0.05, 0) is 24.3 Å². The molecule has 1 heterocycles. The summed E-state index contributed by atoms with van der Waals surface area (Å²) in [5.41, 5.74) is 0.700. The molecule has 1 saturated heterocycles. The number of piperazine rings is 1. The third kappa shape index (κ3) is 3.51. The summed E-state index contributed by atoms with van der Waals surface area (Å²) in [4.78, 5) is 26.8. The van der Waals surface area contributed by atoms with Crippen molar-refractivity contribution in [3.8, 4) is 5.75 Å². The summed E-state index contributed by atoms with van der Waals surface area (Å²) in [6.45, 7) is 1.74. The molecule has 1 N–H and O–H groups in total. The molecule has 25 heavy (non-hydrogen) atoms. The minimum absolute atomic E-state index is 0.0482. The van der Waals surface area contributed by atoms with Crippen LogP contribution in [0.2, 0.25) is 5.02 Å². The topological polar surface area (TPSA) is 86.9 Å². The number of para-hydroxylation sites is 1. The van der Waals surface area contributed by atoms with Crippen LogP contribution in [0.3, 0.4) is 0 Å². The maximum absolute atomic E-state index is 12.5. The first-order valence-corrected chi connectivity index (χ1v) is 8.11. The molecule has 130 valence electrons. The summed E-state index contributed by atoms with van der Waals surface area (Å²) in [5.74, 6) is -0.299. The van der Waals surface area contributed by atoms with E-state index < -0.39 is 4.92 Å². The number of hydrogen-bond acceptors (Lipinski definition) is 5. The normalized spacial score (nSPS) is 14.4. The van der Waals surface area contributed by atoms with Gasteiger partial charge >= 0.3 is 0 Å². The molecule has 3 rings (SSSR count). The fourth-order valence-electron chi connectivity index (χ4n) is 2.89. The Labute approximate surface area is 149 Å². The van der Waals surface area contributed by atoms with Gasteiger partial charge in [0, 0.05) is 37.3 Å². The lowest BCUT2D eigenvalue weighted by Crippen LogP contribution is -2.49. The fraction of sp³-hybridized carbons (Fsp3) is 0.235. The Morgan fingerprint density at radius 2 is 1.80 bits per heavy atom. The Hall–Kier alpha value is -2.80. The number of aromatic hydroxyl groups is 1. The van der Waals surface area contributed by atoms with Crippen LogP contribution in [0.25, 0.3) is 0 Å². The molecule has 0 bridgehead atoms. The number of carbonyl (C=O) groups is 1. The summed E-state index contributed by atoms with van der Waals surface area (Å²) < 4.78 is 0. The van der Waals surface area contributed by atoms with Gasteiger partial charge in [-0.3, -0.25) is 14.9 Å². The number of phenols is 1. The standard InChI is InChI=1S/C17H16ClN3O4/c18-12-5-6-14(15(11-12)21(24)25)19-7-9-20(10-8-19)17(23)13-3-1-2-4-16(13)22/h1-6,11,22H,7-10H2. The van der Waals surface area contributed by atoms with Crippen molar-refractivity contribution in [2.24, 2.45) is 0 Å². The fourth-order valence-corrected chi connectivity index (χ4v) is 3.05. The van der Waals surface area contributed by atoms with E-state index in [0.717, 1.165) is 0 Å². The van der Waals surface area contributed by atoms with E-state index in [1.807, 2.05) is 4.90 Å². The number of amides is 1. The minimum Gasteiger partial charge on any atom is -0.507 e. The second kappa shape index (κ2) is 6.98. The summed E-state index contributed by atoms with van der Waals surface area (Å²) in [6.07, 6.45) is 0. The van der Waals surface area contributed by atoms with Crippen molar-refractivity contribution < 1.29 is 14.8 Å². The van der Waals surface area contributed by atoms with Crippen LogP contribution in [0.1, 0.15) is 10.4 Å². The van der Waals surface area contributed by atoms with Crippen LogP contribution in [0.15, 0.2) is 42.5 Å². The van der Waals surface area contributed by atoms with Gasteiger partial charge in [0.15, 0.2) is 0 Å². The highest BCUT2D eigenvalue weighted by Gasteiger charge is 2.27. The molecule has 0 radical (unpaired) electrons. The van der Waals surface area contributed by atoms with E-state index in [0.29, 0.717) is 36.9 Å². The van der Waals surface area contributed by atoms with Gasteiger partial charge in [0.2, 0.25) is 0 Å². The molecule has 1 aliphatic rings. The lowest BCUT2D eigenvalue weighted by molar-refractivity contribution is -0.384. The molecule has 7 nitrogen and oxygen atoms in total. The highest BCUT2D eigenvalue weighted by atomic mass is 35.5. The van der Waals surface area contributed by atoms with E-state index in [1.165, 1.54) is 12.1 Å². The Morgan fingerprint density at radius 1 is 1.12 bits per heavy atom. The third-order valence-corrected chi connectivity index (χ3v) is 4.41. The second-order valence-electron chi connectivity index (χ2n) is 5.69. The van der Waals surface area contributed by atoms with Crippen molar-refractivity contribution in [3.63, 3.8) is 0 Å². The average molecular weight is 362 g/mol. The predicted molar refractivity (Wildman–Crippen MR) is 94.3 cm³/mol. The molecule has 0 saturated carbocycles. The molecule has 1 fully saturated rings. The number of benzene rings is 2. The van der Waals surface area contributed by atoms with Gasteiger partial charge in [-0.2, -0.15) is 0 Å². The smallest absolute Gasteiger partial charge is 0.294 e. The molecule has 1 amide bonds. The number of carbonyl (C=O) groups excluding carboxylic acids is 1. The van der Waals surface area contributed by atoms with Gasteiger partial charge in [-0.15, -0.1) is 0 Å². The van der Waals surface area contributed by atoms with Gasteiger partial charge in [0.25, 0.3) is 11.6 Å². The SMILES string of the molecule is O=C(c1ccccc1O)N1CCN(c2ccc(Cl)cc2[N+](=O)[O-])CC1. The lowest BCUT2D eigenvalue weighted by atomic mass is 10.1. The van der Waals surface area contributed by atoms with Crippen LogP contribution >= 0.6 is 11.6 Å². The Balaban J connectivity index is 1.74. The van der Waals surface area contributed by atoms with Crippen molar-refractivity contribution in [1.29, 1.82) is 0 Å². The molecule has 0 atom stereocenters. The van der Waals surface area contributed by atoms with Crippen LogP contribution < -0.4 is 4.90 Å². The number of nitrogens with zero attached hydrogens (tertiary/aromatic N) is 3. The zero-order chi connectivity index (χ0) is 18.0. The molecule has 2 aromatic carbocycles. The Morgan fingerprint density at radius 3 is 2.44 bits per heavy atom. The Bertz CT molecular complexity index is 819. The number of halogens is 1. The van der Waals surface area contributed by atoms with Gasteiger partial charge in [0.1, 0.15) is 11.4 Å². The highest BCUT2D eigenvalue weighted by Crippen LogP contribution is 2.32.